The van der Waals surface area contributed by atoms with Gasteiger partial charge in [0.2, 0.25) is 0 Å². The summed E-state index contributed by atoms with van der Waals surface area (Å²) in [5.74, 6) is -1.17. The molecule has 7 heteroatoms. The predicted molar refractivity (Wildman–Crippen MR) is 82.2 cm³/mol. The summed E-state index contributed by atoms with van der Waals surface area (Å²) in [5.41, 5.74) is 1.91. The fraction of sp³-hybridized carbons (Fsp3) is 0.714. The summed E-state index contributed by atoms with van der Waals surface area (Å²) in [4.78, 5) is 2.23. The Morgan fingerprint density at radius 1 is 1.38 bits per heavy atom. The van der Waals surface area contributed by atoms with E-state index in [2.05, 4.69) is 26.8 Å². The van der Waals surface area contributed by atoms with Crippen LogP contribution in [0.5, 0.6) is 5.88 Å². The normalized spacial score (nSPS) is 16.9. The van der Waals surface area contributed by atoms with Crippen LogP contribution in [0.4, 0.5) is 0 Å². The summed E-state index contributed by atoms with van der Waals surface area (Å²) < 4.78 is 14.1. The zero-order valence-electron chi connectivity index (χ0n) is 12.6. The van der Waals surface area contributed by atoms with Crippen LogP contribution in [0.25, 0.3) is 5.57 Å². The van der Waals surface area contributed by atoms with Gasteiger partial charge in [0.05, 0.1) is 18.3 Å². The molecule has 0 saturated carbocycles. The van der Waals surface area contributed by atoms with Crippen LogP contribution in [0, 0.1) is 0 Å². The highest BCUT2D eigenvalue weighted by molar-refractivity contribution is 6.99. The molecule has 0 radical (unpaired) electrons. The number of aromatic nitrogens is 2. The van der Waals surface area contributed by atoms with Crippen molar-refractivity contribution in [3.05, 3.63) is 11.8 Å². The number of likely N-dealkylation sites (N-methyl/N-ethyl adjacent to an activating group) is 1. The number of ether oxygens (including phenoxy) is 1. The first kappa shape index (κ1) is 16.4. The fourth-order valence-electron chi connectivity index (χ4n) is 2.37. The zero-order valence-corrected chi connectivity index (χ0v) is 13.4. The van der Waals surface area contributed by atoms with Gasteiger partial charge in [0, 0.05) is 25.9 Å². The molecule has 6 nitrogen and oxygen atoms in total. The first-order valence-electron chi connectivity index (χ1n) is 7.30. The maximum absolute atomic E-state index is 9.72. The highest BCUT2D eigenvalue weighted by atomic mass is 32.1. The molecule has 0 fully saturated rings. The smallest absolute Gasteiger partial charge is 0.253 e. The van der Waals surface area contributed by atoms with Crippen LogP contribution in [0.2, 0.25) is 0 Å². The lowest BCUT2D eigenvalue weighted by molar-refractivity contribution is -0.174. The summed E-state index contributed by atoms with van der Waals surface area (Å²) in [7, 11) is 2.07. The van der Waals surface area contributed by atoms with Crippen LogP contribution in [-0.2, 0) is 0 Å². The lowest BCUT2D eigenvalue weighted by atomic mass is 10.1. The molecule has 0 amide bonds. The molecule has 1 aromatic rings. The second kappa shape index (κ2) is 7.31. The number of aliphatic hydroxyl groups is 2. The molecule has 0 spiro atoms. The summed E-state index contributed by atoms with van der Waals surface area (Å²) >= 11 is 1.12. The SMILES string of the molecule is CCCC(O)(O)CCOc1nsnc1C1=CCCN(C)C1. The number of rotatable bonds is 7. The van der Waals surface area contributed by atoms with Crippen molar-refractivity contribution in [2.75, 3.05) is 26.7 Å². The first-order valence-corrected chi connectivity index (χ1v) is 8.03. The Morgan fingerprint density at radius 2 is 2.19 bits per heavy atom. The molecule has 1 aromatic heterocycles. The van der Waals surface area contributed by atoms with Crippen LogP contribution in [0.3, 0.4) is 0 Å². The van der Waals surface area contributed by atoms with E-state index >= 15 is 0 Å². The lowest BCUT2D eigenvalue weighted by Crippen LogP contribution is -2.30. The van der Waals surface area contributed by atoms with E-state index in [0.29, 0.717) is 12.3 Å². The third-order valence-electron chi connectivity index (χ3n) is 3.50. The molecule has 0 aliphatic carbocycles. The zero-order chi connectivity index (χ0) is 15.3. The van der Waals surface area contributed by atoms with Gasteiger partial charge in [-0.3, -0.25) is 0 Å². The van der Waals surface area contributed by atoms with Gasteiger partial charge in [-0.1, -0.05) is 19.4 Å². The van der Waals surface area contributed by atoms with E-state index in [1.165, 1.54) is 0 Å². The van der Waals surface area contributed by atoms with Crippen LogP contribution >= 0.6 is 11.7 Å². The van der Waals surface area contributed by atoms with Gasteiger partial charge in [-0.05, 0) is 19.0 Å². The fourth-order valence-corrected chi connectivity index (χ4v) is 2.90. The molecule has 0 bridgehead atoms. The molecule has 0 aromatic carbocycles. The summed E-state index contributed by atoms with van der Waals surface area (Å²) in [6, 6.07) is 0. The maximum atomic E-state index is 9.72. The minimum absolute atomic E-state index is 0.163. The largest absolute Gasteiger partial charge is 0.475 e. The van der Waals surface area contributed by atoms with Gasteiger partial charge in [0.15, 0.2) is 5.79 Å². The van der Waals surface area contributed by atoms with Crippen LogP contribution in [0.1, 0.15) is 38.3 Å². The van der Waals surface area contributed by atoms with Crippen LogP contribution < -0.4 is 4.74 Å². The molecule has 2 heterocycles. The molecule has 0 atom stereocenters. The van der Waals surface area contributed by atoms with Crippen molar-refractivity contribution in [3.8, 4) is 5.88 Å². The highest BCUT2D eigenvalue weighted by Crippen LogP contribution is 2.27. The average molecular weight is 313 g/mol. The molecule has 1 aliphatic rings. The Morgan fingerprint density at radius 3 is 2.90 bits per heavy atom. The Bertz CT molecular complexity index is 488. The minimum atomic E-state index is -1.66. The predicted octanol–water partition coefficient (Wildman–Crippen LogP) is 1.51. The van der Waals surface area contributed by atoms with Gasteiger partial charge in [0.1, 0.15) is 5.69 Å². The van der Waals surface area contributed by atoms with E-state index in [9.17, 15) is 10.2 Å². The van der Waals surface area contributed by atoms with Crippen molar-refractivity contribution in [1.82, 2.24) is 13.6 Å². The minimum Gasteiger partial charge on any atom is -0.475 e. The van der Waals surface area contributed by atoms with Crippen molar-refractivity contribution in [2.45, 2.75) is 38.4 Å². The van der Waals surface area contributed by atoms with Crippen molar-refractivity contribution < 1.29 is 14.9 Å². The Hall–Kier alpha value is -1.02. The second-order valence-electron chi connectivity index (χ2n) is 5.50. The Balaban J connectivity index is 1.93. The molecular formula is C14H23N3O3S. The summed E-state index contributed by atoms with van der Waals surface area (Å²) in [5, 5.41) is 19.4. The Labute approximate surface area is 129 Å². The molecule has 118 valence electrons. The topological polar surface area (TPSA) is 78.7 Å². The van der Waals surface area contributed by atoms with Gasteiger partial charge in [-0.15, -0.1) is 4.37 Å². The lowest BCUT2D eigenvalue weighted by Gasteiger charge is -2.22. The van der Waals surface area contributed by atoms with Crippen LogP contribution in [0.15, 0.2) is 6.08 Å². The number of hydrogen-bond donors (Lipinski definition) is 2. The van der Waals surface area contributed by atoms with Gasteiger partial charge >= 0.3 is 0 Å². The molecule has 0 unspecified atom stereocenters. The average Bonchev–Trinajstić information content (AvgIpc) is 2.87. The molecule has 0 saturated heterocycles. The number of hydrogen-bond acceptors (Lipinski definition) is 7. The maximum Gasteiger partial charge on any atom is 0.253 e. The summed E-state index contributed by atoms with van der Waals surface area (Å²) in [6.07, 6.45) is 4.39. The summed E-state index contributed by atoms with van der Waals surface area (Å²) in [6.45, 7) is 4.01. The van der Waals surface area contributed by atoms with Gasteiger partial charge in [0.25, 0.3) is 5.88 Å². The standard InChI is InChI=1S/C14H23N3O3S/c1-3-6-14(18,19)7-9-20-13-12(15-21-16-13)11-5-4-8-17(2)10-11/h5,18-19H,3-4,6-10H2,1-2H3. The van der Waals surface area contributed by atoms with E-state index in [1.54, 1.807) is 0 Å². The van der Waals surface area contributed by atoms with Crippen molar-refractivity contribution in [1.29, 1.82) is 0 Å². The van der Waals surface area contributed by atoms with E-state index in [0.717, 1.165) is 48.9 Å². The van der Waals surface area contributed by atoms with Gasteiger partial charge < -0.3 is 19.8 Å². The second-order valence-corrected chi connectivity index (χ2v) is 6.03. The van der Waals surface area contributed by atoms with E-state index in [-0.39, 0.29) is 13.0 Å². The Kier molecular flexibility index (Phi) is 5.69. The molecule has 2 rings (SSSR count). The van der Waals surface area contributed by atoms with Gasteiger partial charge in [-0.25, -0.2) is 0 Å². The van der Waals surface area contributed by atoms with Crippen molar-refractivity contribution >= 4 is 17.3 Å². The van der Waals surface area contributed by atoms with E-state index in [1.807, 2.05) is 6.92 Å². The van der Waals surface area contributed by atoms with Crippen molar-refractivity contribution in [3.63, 3.8) is 0 Å². The third-order valence-corrected chi connectivity index (χ3v) is 4.01. The molecule has 1 aliphatic heterocycles. The quantitative estimate of drug-likeness (QED) is 0.743. The van der Waals surface area contributed by atoms with E-state index in [4.69, 9.17) is 4.74 Å². The molecule has 21 heavy (non-hydrogen) atoms. The van der Waals surface area contributed by atoms with E-state index < -0.39 is 5.79 Å². The highest BCUT2D eigenvalue weighted by Gasteiger charge is 2.23. The first-order chi connectivity index (χ1) is 10.0. The van der Waals surface area contributed by atoms with Crippen LogP contribution in [-0.4, -0.2) is 56.4 Å². The van der Waals surface area contributed by atoms with Gasteiger partial charge in [-0.2, -0.15) is 4.37 Å². The monoisotopic (exact) mass is 313 g/mol. The van der Waals surface area contributed by atoms with Crippen molar-refractivity contribution in [2.24, 2.45) is 0 Å². The number of nitrogens with zero attached hydrogens (tertiary/aromatic N) is 3. The third kappa shape index (κ3) is 4.74. The molecule has 2 N–H and O–H groups in total. The molecular weight excluding hydrogens is 290 g/mol.